The summed E-state index contributed by atoms with van der Waals surface area (Å²) in [5, 5.41) is 6.49. The fraction of sp³-hybridized carbons (Fsp3) is 0.588. The van der Waals surface area contributed by atoms with Gasteiger partial charge in [-0.05, 0) is 36.8 Å². The van der Waals surface area contributed by atoms with E-state index in [-0.39, 0.29) is 23.4 Å². The van der Waals surface area contributed by atoms with Crippen LogP contribution in [-0.4, -0.2) is 18.5 Å². The largest absolute Gasteiger partial charge is 0.348 e. The van der Waals surface area contributed by atoms with Crippen molar-refractivity contribution in [2.75, 3.05) is 6.54 Å². The van der Waals surface area contributed by atoms with Gasteiger partial charge < -0.3 is 10.6 Å². The van der Waals surface area contributed by atoms with E-state index in [1.54, 1.807) is 0 Å². The highest BCUT2D eigenvalue weighted by Crippen LogP contribution is 2.29. The van der Waals surface area contributed by atoms with Gasteiger partial charge in [-0.25, -0.2) is 0 Å². The summed E-state index contributed by atoms with van der Waals surface area (Å²) in [4.78, 5) is 12.3. The third-order valence-electron chi connectivity index (χ3n) is 3.71. The van der Waals surface area contributed by atoms with E-state index >= 15 is 0 Å². The Morgan fingerprint density at radius 1 is 1.35 bits per heavy atom. The summed E-state index contributed by atoms with van der Waals surface area (Å²) >= 11 is 0. The summed E-state index contributed by atoms with van der Waals surface area (Å²) in [6.45, 7) is 7.59. The van der Waals surface area contributed by atoms with Crippen molar-refractivity contribution >= 4 is 5.91 Å². The molecule has 1 aromatic carbocycles. The van der Waals surface area contributed by atoms with Crippen LogP contribution in [0.25, 0.3) is 0 Å². The molecule has 1 saturated heterocycles. The smallest absolute Gasteiger partial charge is 0.237 e. The van der Waals surface area contributed by atoms with E-state index < -0.39 is 0 Å². The molecule has 1 fully saturated rings. The summed E-state index contributed by atoms with van der Waals surface area (Å²) in [5.41, 5.74) is 1.37. The van der Waals surface area contributed by atoms with Crippen molar-refractivity contribution in [3.05, 3.63) is 35.9 Å². The van der Waals surface area contributed by atoms with Crippen LogP contribution in [0.5, 0.6) is 0 Å². The van der Waals surface area contributed by atoms with E-state index in [4.69, 9.17) is 0 Å². The summed E-state index contributed by atoms with van der Waals surface area (Å²) in [6, 6.07) is 10.3. The van der Waals surface area contributed by atoms with E-state index in [1.807, 2.05) is 18.2 Å². The van der Waals surface area contributed by atoms with Crippen LogP contribution in [0.15, 0.2) is 30.3 Å². The number of nitrogens with one attached hydrogen (secondary N) is 2. The van der Waals surface area contributed by atoms with E-state index in [0.717, 1.165) is 25.8 Å². The van der Waals surface area contributed by atoms with Crippen LogP contribution in [0.1, 0.15) is 51.6 Å². The van der Waals surface area contributed by atoms with Gasteiger partial charge in [-0.1, -0.05) is 51.1 Å². The van der Waals surface area contributed by atoms with Crippen molar-refractivity contribution in [3.63, 3.8) is 0 Å². The Bertz CT molecular complexity index is 430. The van der Waals surface area contributed by atoms with E-state index in [0.29, 0.717) is 0 Å². The van der Waals surface area contributed by atoms with Gasteiger partial charge in [-0.2, -0.15) is 0 Å². The molecule has 2 N–H and O–H groups in total. The van der Waals surface area contributed by atoms with Gasteiger partial charge in [0.25, 0.3) is 0 Å². The molecule has 3 heteroatoms. The summed E-state index contributed by atoms with van der Waals surface area (Å²) in [6.07, 6.45) is 2.98. The Morgan fingerprint density at radius 3 is 2.60 bits per heavy atom. The molecule has 1 unspecified atom stereocenters. The molecular formula is C17H26N2O. The van der Waals surface area contributed by atoms with Crippen LogP contribution in [0.4, 0.5) is 0 Å². The zero-order chi connectivity index (χ0) is 14.6. The van der Waals surface area contributed by atoms with Crippen LogP contribution < -0.4 is 10.6 Å². The number of carbonyl (C=O) groups is 1. The molecule has 2 rings (SSSR count). The summed E-state index contributed by atoms with van der Waals surface area (Å²) < 4.78 is 0. The second kappa shape index (κ2) is 6.40. The van der Waals surface area contributed by atoms with Crippen molar-refractivity contribution < 1.29 is 4.79 Å². The molecule has 1 aromatic rings. The molecule has 0 aliphatic carbocycles. The van der Waals surface area contributed by atoms with Gasteiger partial charge in [0.15, 0.2) is 0 Å². The Kier molecular flexibility index (Phi) is 4.81. The van der Waals surface area contributed by atoms with Gasteiger partial charge in [0, 0.05) is 0 Å². The van der Waals surface area contributed by atoms with Crippen molar-refractivity contribution in [1.29, 1.82) is 0 Å². The second-order valence-corrected chi connectivity index (χ2v) is 6.89. The minimum Gasteiger partial charge on any atom is -0.348 e. The van der Waals surface area contributed by atoms with Crippen LogP contribution in [0.2, 0.25) is 0 Å². The molecule has 0 radical (unpaired) electrons. The summed E-state index contributed by atoms with van der Waals surface area (Å²) in [5.74, 6) is 0.139. The summed E-state index contributed by atoms with van der Waals surface area (Å²) in [7, 11) is 0. The lowest BCUT2D eigenvalue weighted by atomic mass is 9.85. The highest BCUT2D eigenvalue weighted by molar-refractivity contribution is 5.82. The number of carbonyl (C=O) groups excluding carboxylic acids is 1. The van der Waals surface area contributed by atoms with Gasteiger partial charge in [-0.3, -0.25) is 4.79 Å². The Labute approximate surface area is 122 Å². The molecule has 3 nitrogen and oxygen atoms in total. The van der Waals surface area contributed by atoms with Crippen LogP contribution in [0.3, 0.4) is 0 Å². The molecule has 0 aromatic heterocycles. The predicted octanol–water partition coefficient (Wildman–Crippen LogP) is 3.03. The van der Waals surface area contributed by atoms with Crippen LogP contribution >= 0.6 is 0 Å². The molecule has 0 spiro atoms. The number of hydrogen-bond donors (Lipinski definition) is 2. The highest BCUT2D eigenvalue weighted by Gasteiger charge is 2.27. The first-order chi connectivity index (χ1) is 9.46. The zero-order valence-corrected chi connectivity index (χ0v) is 12.8. The monoisotopic (exact) mass is 274 g/mol. The molecule has 0 saturated carbocycles. The molecule has 110 valence electrons. The van der Waals surface area contributed by atoms with Gasteiger partial charge in [0.05, 0.1) is 12.1 Å². The lowest BCUT2D eigenvalue weighted by Crippen LogP contribution is -2.42. The van der Waals surface area contributed by atoms with Crippen molar-refractivity contribution in [3.8, 4) is 0 Å². The van der Waals surface area contributed by atoms with Crippen molar-refractivity contribution in [2.24, 2.45) is 5.41 Å². The van der Waals surface area contributed by atoms with Gasteiger partial charge in [0.1, 0.15) is 0 Å². The first-order valence-corrected chi connectivity index (χ1v) is 7.54. The van der Waals surface area contributed by atoms with E-state index in [9.17, 15) is 4.79 Å². The molecule has 1 aliphatic heterocycles. The van der Waals surface area contributed by atoms with Crippen LogP contribution in [-0.2, 0) is 4.79 Å². The molecule has 1 amide bonds. The minimum absolute atomic E-state index is 0.0128. The normalized spacial score (nSPS) is 20.6. The quantitative estimate of drug-likeness (QED) is 0.886. The van der Waals surface area contributed by atoms with Gasteiger partial charge in [-0.15, -0.1) is 0 Å². The maximum Gasteiger partial charge on any atom is 0.237 e. The third-order valence-corrected chi connectivity index (χ3v) is 3.71. The van der Waals surface area contributed by atoms with Crippen LogP contribution in [0, 0.1) is 5.41 Å². The molecule has 20 heavy (non-hydrogen) atoms. The average molecular weight is 274 g/mol. The fourth-order valence-corrected chi connectivity index (χ4v) is 2.73. The lowest BCUT2D eigenvalue weighted by molar-refractivity contribution is -0.123. The third kappa shape index (κ3) is 4.34. The molecule has 2 atom stereocenters. The Balaban J connectivity index is 2.08. The van der Waals surface area contributed by atoms with Crippen molar-refractivity contribution in [2.45, 2.75) is 52.1 Å². The first-order valence-electron chi connectivity index (χ1n) is 7.54. The number of hydrogen-bond acceptors (Lipinski definition) is 2. The first kappa shape index (κ1) is 15.0. The maximum absolute atomic E-state index is 12.3. The highest BCUT2D eigenvalue weighted by atomic mass is 16.2. The average Bonchev–Trinajstić information content (AvgIpc) is 2.91. The number of amides is 1. The number of rotatable bonds is 4. The van der Waals surface area contributed by atoms with E-state index in [2.05, 4.69) is 43.5 Å². The molecule has 1 heterocycles. The van der Waals surface area contributed by atoms with Gasteiger partial charge in [0.2, 0.25) is 5.91 Å². The fourth-order valence-electron chi connectivity index (χ4n) is 2.73. The van der Waals surface area contributed by atoms with Crippen molar-refractivity contribution in [1.82, 2.24) is 10.6 Å². The maximum atomic E-state index is 12.3. The predicted molar refractivity (Wildman–Crippen MR) is 82.4 cm³/mol. The second-order valence-electron chi connectivity index (χ2n) is 6.89. The Hall–Kier alpha value is -1.35. The standard InChI is InChI=1S/C17H26N2O/c1-17(2,3)12-15(13-8-5-4-6-9-13)19-16(20)14-10-7-11-18-14/h4-6,8-9,14-15,18H,7,10-12H2,1-3H3,(H,19,20)/t14-,15?/m1/s1. The zero-order valence-electron chi connectivity index (χ0n) is 12.8. The molecule has 0 bridgehead atoms. The molecular weight excluding hydrogens is 248 g/mol. The SMILES string of the molecule is CC(C)(C)CC(NC(=O)[C@H]1CCCN1)c1ccccc1. The van der Waals surface area contributed by atoms with Gasteiger partial charge >= 0.3 is 0 Å². The minimum atomic E-state index is -0.0128. The molecule has 1 aliphatic rings. The lowest BCUT2D eigenvalue weighted by Gasteiger charge is -2.28. The Morgan fingerprint density at radius 2 is 2.05 bits per heavy atom. The number of benzene rings is 1. The van der Waals surface area contributed by atoms with E-state index in [1.165, 1.54) is 5.56 Å². The topological polar surface area (TPSA) is 41.1 Å².